The van der Waals surface area contributed by atoms with Gasteiger partial charge in [-0.2, -0.15) is 4.98 Å². The van der Waals surface area contributed by atoms with E-state index in [1.807, 2.05) is 5.48 Å². The summed E-state index contributed by atoms with van der Waals surface area (Å²) in [5, 5.41) is 9.12. The summed E-state index contributed by atoms with van der Waals surface area (Å²) in [6.07, 6.45) is 0.737. The first-order valence-electron chi connectivity index (χ1n) is 11.5. The van der Waals surface area contributed by atoms with Gasteiger partial charge in [-0.05, 0) is 48.8 Å². The molecule has 2 N–H and O–H groups in total. The van der Waals surface area contributed by atoms with E-state index >= 15 is 0 Å². The molecule has 1 saturated heterocycles. The predicted molar refractivity (Wildman–Crippen MR) is 132 cm³/mol. The Labute approximate surface area is 194 Å². The maximum Gasteiger partial charge on any atom is 0.351 e. The van der Waals surface area contributed by atoms with Gasteiger partial charge in [0, 0.05) is 6.20 Å². The Hall–Kier alpha value is -1.05. The minimum Gasteiger partial charge on any atom is -0.408 e. The lowest BCUT2D eigenvalue weighted by atomic mass is 10.1. The van der Waals surface area contributed by atoms with Crippen molar-refractivity contribution in [1.29, 1.82) is 0 Å². The Kier molecular flexibility index (Phi) is 7.91. The number of hydrogen-bond donors (Lipinski definition) is 2. The molecule has 1 fully saturated rings. The second kappa shape index (κ2) is 9.30. The number of anilines is 1. The lowest BCUT2D eigenvalue weighted by Gasteiger charge is -2.44. The van der Waals surface area contributed by atoms with E-state index < -0.39 is 34.7 Å². The molecule has 184 valence electrons. The predicted octanol–water partition coefficient (Wildman–Crippen LogP) is 5.13. The highest BCUT2D eigenvalue weighted by Crippen LogP contribution is 2.45. The normalized spacial score (nSPS) is 25.2. The summed E-state index contributed by atoms with van der Waals surface area (Å²) in [7, 11) is -4.36. The molecule has 1 aromatic heterocycles. The van der Waals surface area contributed by atoms with Gasteiger partial charge in [0.15, 0.2) is 28.7 Å². The van der Waals surface area contributed by atoms with E-state index in [-0.39, 0.29) is 28.1 Å². The summed E-state index contributed by atoms with van der Waals surface area (Å²) in [5.41, 5.74) is 1.41. The maximum absolute atomic E-state index is 12.8. The van der Waals surface area contributed by atoms with Crippen molar-refractivity contribution in [3.05, 3.63) is 22.7 Å². The molecule has 10 heteroatoms. The molecular weight excluding hydrogens is 442 g/mol. The van der Waals surface area contributed by atoms with Gasteiger partial charge in [0.05, 0.1) is 6.10 Å². The molecular formula is C22H43N3O5Si2. The fraction of sp³-hybridized carbons (Fsp3) is 0.818. The summed E-state index contributed by atoms with van der Waals surface area (Å²) in [6.45, 7) is 24.2. The van der Waals surface area contributed by atoms with E-state index in [1.54, 1.807) is 6.20 Å². The third kappa shape index (κ3) is 5.53. The van der Waals surface area contributed by atoms with Crippen LogP contribution in [-0.4, -0.2) is 49.7 Å². The molecule has 0 bridgehead atoms. The number of hydrogen-bond acceptors (Lipinski definition) is 7. The summed E-state index contributed by atoms with van der Waals surface area (Å²) in [4.78, 5) is 16.7. The second-order valence-corrected chi connectivity index (χ2v) is 21.3. The van der Waals surface area contributed by atoms with Gasteiger partial charge in [-0.1, -0.05) is 48.5 Å². The highest BCUT2D eigenvalue weighted by Gasteiger charge is 2.53. The molecule has 8 nitrogen and oxygen atoms in total. The summed E-state index contributed by atoms with van der Waals surface area (Å²) >= 11 is 0. The third-order valence-corrected chi connectivity index (χ3v) is 16.3. The van der Waals surface area contributed by atoms with E-state index in [4.69, 9.17) is 18.8 Å². The van der Waals surface area contributed by atoms with Crippen LogP contribution in [0.4, 0.5) is 5.82 Å². The monoisotopic (exact) mass is 485 g/mol. The molecule has 0 spiro atoms. The molecule has 1 aliphatic heterocycles. The molecule has 0 amide bonds. The lowest BCUT2D eigenvalue weighted by molar-refractivity contribution is -0.0372. The Morgan fingerprint density at radius 2 is 1.56 bits per heavy atom. The van der Waals surface area contributed by atoms with Crippen molar-refractivity contribution < 1.29 is 18.8 Å². The van der Waals surface area contributed by atoms with Gasteiger partial charge < -0.3 is 13.6 Å². The van der Waals surface area contributed by atoms with Crippen molar-refractivity contribution in [1.82, 2.24) is 9.55 Å². The highest BCUT2D eigenvalue weighted by atomic mass is 28.4. The molecule has 4 atom stereocenters. The fourth-order valence-electron chi connectivity index (χ4n) is 3.23. The number of ether oxygens (including phenoxy) is 1. The van der Waals surface area contributed by atoms with Crippen LogP contribution in [0.15, 0.2) is 17.1 Å². The van der Waals surface area contributed by atoms with Gasteiger partial charge in [0.2, 0.25) is 0 Å². The van der Waals surface area contributed by atoms with Crippen molar-refractivity contribution in [2.45, 2.75) is 116 Å². The van der Waals surface area contributed by atoms with Crippen LogP contribution >= 0.6 is 0 Å². The van der Waals surface area contributed by atoms with E-state index in [2.05, 4.69) is 79.6 Å². The van der Waals surface area contributed by atoms with Crippen molar-refractivity contribution >= 4 is 22.5 Å². The molecule has 0 saturated carbocycles. The standard InChI is InChI=1S/C22H43N3O5Si2/c1-12-15-17(29-31(8,9)21(2,3)4)18(30-32(10,11)22(5,6)7)19(28-15)25-14-13-16(24-27)23-20(25)26/h13-15,17-19,27H,12H2,1-11H3,(H,23,24,26)/t15-,17+,18?,19-/m1/s1. The molecule has 32 heavy (non-hydrogen) atoms. The Morgan fingerprint density at radius 1 is 1.06 bits per heavy atom. The van der Waals surface area contributed by atoms with Crippen molar-refractivity contribution in [2.24, 2.45) is 0 Å². The topological polar surface area (TPSA) is 94.8 Å². The molecule has 0 aliphatic carbocycles. The van der Waals surface area contributed by atoms with Gasteiger partial charge in [-0.3, -0.25) is 15.3 Å². The maximum atomic E-state index is 12.8. The second-order valence-electron chi connectivity index (χ2n) is 11.8. The van der Waals surface area contributed by atoms with Crippen LogP contribution in [0.5, 0.6) is 0 Å². The summed E-state index contributed by atoms with van der Waals surface area (Å²) < 4.78 is 21.7. The van der Waals surface area contributed by atoms with E-state index in [1.165, 1.54) is 10.6 Å². The SMILES string of the molecule is CC[C@H]1O[C@@H](n2ccc(NO)nc2=O)C(O[Si](C)(C)C(C)(C)C)[C@H]1O[Si](C)(C)C(C)(C)C. The summed E-state index contributed by atoms with van der Waals surface area (Å²) in [6, 6.07) is 1.54. The highest BCUT2D eigenvalue weighted by molar-refractivity contribution is 6.74. The zero-order chi connectivity index (χ0) is 24.7. The first kappa shape index (κ1) is 27.2. The summed E-state index contributed by atoms with van der Waals surface area (Å²) in [5.74, 6) is 0.0900. The van der Waals surface area contributed by atoms with Crippen LogP contribution in [0.1, 0.15) is 61.1 Å². The van der Waals surface area contributed by atoms with Crippen LogP contribution in [0.25, 0.3) is 0 Å². The molecule has 0 aromatic carbocycles. The minimum atomic E-state index is -2.22. The van der Waals surface area contributed by atoms with Crippen molar-refractivity contribution in [2.75, 3.05) is 5.48 Å². The van der Waals surface area contributed by atoms with Crippen LogP contribution < -0.4 is 11.2 Å². The zero-order valence-corrected chi connectivity index (χ0v) is 23.6. The van der Waals surface area contributed by atoms with Crippen molar-refractivity contribution in [3.8, 4) is 0 Å². The quantitative estimate of drug-likeness (QED) is 0.408. The van der Waals surface area contributed by atoms with Gasteiger partial charge in [-0.25, -0.2) is 4.79 Å². The molecule has 1 aliphatic rings. The molecule has 0 radical (unpaired) electrons. The molecule has 2 heterocycles. The van der Waals surface area contributed by atoms with Crippen LogP contribution in [0.2, 0.25) is 36.3 Å². The smallest absolute Gasteiger partial charge is 0.351 e. The fourth-order valence-corrected chi connectivity index (χ4v) is 5.84. The molecule has 2 rings (SSSR count). The van der Waals surface area contributed by atoms with Gasteiger partial charge in [0.25, 0.3) is 0 Å². The number of nitrogens with one attached hydrogen (secondary N) is 1. The van der Waals surface area contributed by atoms with E-state index in [0.717, 1.165) is 6.42 Å². The van der Waals surface area contributed by atoms with E-state index in [9.17, 15) is 4.79 Å². The van der Waals surface area contributed by atoms with Gasteiger partial charge in [-0.15, -0.1) is 0 Å². The number of aromatic nitrogens is 2. The average Bonchev–Trinajstić information content (AvgIpc) is 2.96. The first-order valence-corrected chi connectivity index (χ1v) is 17.3. The lowest BCUT2D eigenvalue weighted by Crippen LogP contribution is -2.53. The molecule has 1 unspecified atom stereocenters. The van der Waals surface area contributed by atoms with Crippen molar-refractivity contribution in [3.63, 3.8) is 0 Å². The third-order valence-electron chi connectivity index (χ3n) is 7.38. The largest absolute Gasteiger partial charge is 0.408 e. The van der Waals surface area contributed by atoms with Gasteiger partial charge in [0.1, 0.15) is 12.2 Å². The zero-order valence-electron chi connectivity index (χ0n) is 21.6. The Morgan fingerprint density at radius 3 is 1.97 bits per heavy atom. The minimum absolute atomic E-state index is 0.0166. The Bertz CT molecular complexity index is 845. The van der Waals surface area contributed by atoms with Crippen LogP contribution in [0.3, 0.4) is 0 Å². The molecule has 1 aromatic rings. The van der Waals surface area contributed by atoms with Crippen LogP contribution in [-0.2, 0) is 13.6 Å². The number of nitrogens with zero attached hydrogens (tertiary/aromatic N) is 2. The Balaban J connectivity index is 2.56. The first-order chi connectivity index (χ1) is 14.4. The number of rotatable bonds is 7. The van der Waals surface area contributed by atoms with Gasteiger partial charge >= 0.3 is 5.69 Å². The van der Waals surface area contributed by atoms with E-state index in [0.29, 0.717) is 0 Å². The average molecular weight is 486 g/mol. The van der Waals surface area contributed by atoms with Crippen LogP contribution in [0, 0.1) is 0 Å².